The minimum Gasteiger partial charge on any atom is -0.497 e. The second-order valence-electron chi connectivity index (χ2n) is 5.10. The smallest absolute Gasteiger partial charge is 0.306 e. The number of benzene rings is 1. The van der Waals surface area contributed by atoms with Crippen molar-refractivity contribution in [2.45, 2.75) is 18.9 Å². The molecule has 0 bridgehead atoms. The molecule has 22 heavy (non-hydrogen) atoms. The zero-order chi connectivity index (χ0) is 16.2. The number of furan rings is 1. The number of carbonyl (C=O) groups is 2. The van der Waals surface area contributed by atoms with Gasteiger partial charge in [-0.3, -0.25) is 9.59 Å². The van der Waals surface area contributed by atoms with Crippen LogP contribution in [-0.2, 0) is 10.3 Å². The van der Waals surface area contributed by atoms with Gasteiger partial charge in [0.25, 0.3) is 5.91 Å². The van der Waals surface area contributed by atoms with Crippen molar-refractivity contribution in [3.63, 3.8) is 0 Å². The first-order chi connectivity index (χ1) is 10.4. The molecule has 0 saturated heterocycles. The lowest BCUT2D eigenvalue weighted by molar-refractivity contribution is -0.138. The minimum atomic E-state index is -1.07. The number of amides is 1. The number of carboxylic acids is 1. The van der Waals surface area contributed by atoms with E-state index in [2.05, 4.69) is 5.32 Å². The van der Waals surface area contributed by atoms with Crippen molar-refractivity contribution < 1.29 is 23.8 Å². The molecule has 0 spiro atoms. The van der Waals surface area contributed by atoms with Crippen molar-refractivity contribution in [3.05, 3.63) is 54.0 Å². The van der Waals surface area contributed by atoms with Gasteiger partial charge in [-0.2, -0.15) is 0 Å². The van der Waals surface area contributed by atoms with Crippen LogP contribution < -0.4 is 10.1 Å². The number of methoxy groups -OCH3 is 1. The van der Waals surface area contributed by atoms with Crippen LogP contribution >= 0.6 is 0 Å². The van der Waals surface area contributed by atoms with Crippen LogP contribution in [0.15, 0.2) is 47.3 Å². The molecule has 1 aromatic carbocycles. The summed E-state index contributed by atoms with van der Waals surface area (Å²) in [4.78, 5) is 23.4. The molecule has 0 aliphatic carbocycles. The van der Waals surface area contributed by atoms with Crippen molar-refractivity contribution in [1.82, 2.24) is 5.32 Å². The van der Waals surface area contributed by atoms with E-state index in [4.69, 9.17) is 9.15 Å². The number of carboxylic acid groups (broad SMARTS) is 1. The topological polar surface area (TPSA) is 88.8 Å². The predicted molar refractivity (Wildman–Crippen MR) is 78.8 cm³/mol. The van der Waals surface area contributed by atoms with Gasteiger partial charge in [0.1, 0.15) is 12.0 Å². The van der Waals surface area contributed by atoms with Gasteiger partial charge in [0.15, 0.2) is 0 Å². The molecule has 2 rings (SSSR count). The van der Waals surface area contributed by atoms with Crippen LogP contribution in [0.25, 0.3) is 0 Å². The molecule has 1 heterocycles. The Bertz CT molecular complexity index is 665. The molecular formula is C16H17NO5. The summed E-state index contributed by atoms with van der Waals surface area (Å²) in [6.07, 6.45) is 2.43. The molecule has 1 aromatic heterocycles. The molecular weight excluding hydrogens is 286 g/mol. The van der Waals surface area contributed by atoms with Gasteiger partial charge in [-0.05, 0) is 30.7 Å². The molecule has 2 N–H and O–H groups in total. The van der Waals surface area contributed by atoms with E-state index in [1.807, 2.05) is 0 Å². The fourth-order valence-corrected chi connectivity index (χ4v) is 2.20. The third-order valence-corrected chi connectivity index (χ3v) is 3.38. The van der Waals surface area contributed by atoms with Crippen molar-refractivity contribution in [2.75, 3.05) is 7.11 Å². The molecule has 1 amide bonds. The van der Waals surface area contributed by atoms with E-state index in [-0.39, 0.29) is 6.42 Å². The van der Waals surface area contributed by atoms with Gasteiger partial charge in [-0.25, -0.2) is 0 Å². The molecule has 0 aliphatic heterocycles. The lowest BCUT2D eigenvalue weighted by atomic mass is 9.88. The number of hydrogen-bond donors (Lipinski definition) is 2. The maximum atomic E-state index is 12.2. The standard InChI is InChI=1S/C16H17NO5/c1-16(9-14(18)19,12-4-3-5-13(8-12)21-2)17-15(20)11-6-7-22-10-11/h3-8,10H,9H2,1-2H3,(H,17,20)(H,18,19). The minimum absolute atomic E-state index is 0.260. The van der Waals surface area contributed by atoms with Crippen LogP contribution in [0, 0.1) is 0 Å². The predicted octanol–water partition coefficient (Wildman–Crippen LogP) is 2.41. The first-order valence-electron chi connectivity index (χ1n) is 6.65. The molecule has 1 unspecified atom stereocenters. The quantitative estimate of drug-likeness (QED) is 0.855. The third kappa shape index (κ3) is 3.46. The second kappa shape index (κ2) is 6.34. The van der Waals surface area contributed by atoms with Crippen LogP contribution in [0.4, 0.5) is 0 Å². The summed E-state index contributed by atoms with van der Waals surface area (Å²) in [6.45, 7) is 1.66. The zero-order valence-corrected chi connectivity index (χ0v) is 12.3. The number of rotatable bonds is 6. The SMILES string of the molecule is COc1cccc(C(C)(CC(=O)O)NC(=O)c2ccoc2)c1. The van der Waals surface area contributed by atoms with Gasteiger partial charge in [0.2, 0.25) is 0 Å². The summed E-state index contributed by atoms with van der Waals surface area (Å²) in [5.74, 6) is -0.829. The summed E-state index contributed by atoms with van der Waals surface area (Å²) in [5, 5.41) is 11.9. The number of ether oxygens (including phenoxy) is 1. The highest BCUT2D eigenvalue weighted by atomic mass is 16.5. The molecule has 6 heteroatoms. The Kier molecular flexibility index (Phi) is 4.50. The van der Waals surface area contributed by atoms with E-state index >= 15 is 0 Å². The lowest BCUT2D eigenvalue weighted by Gasteiger charge is -2.30. The van der Waals surface area contributed by atoms with Gasteiger partial charge in [-0.15, -0.1) is 0 Å². The second-order valence-corrected chi connectivity index (χ2v) is 5.10. The summed E-state index contributed by atoms with van der Waals surface area (Å²) in [5.41, 5.74) is -0.0973. The molecule has 0 radical (unpaired) electrons. The molecule has 2 aromatic rings. The Morgan fingerprint density at radius 2 is 2.14 bits per heavy atom. The molecule has 0 saturated carbocycles. The van der Waals surface area contributed by atoms with E-state index < -0.39 is 17.4 Å². The zero-order valence-electron chi connectivity index (χ0n) is 12.3. The van der Waals surface area contributed by atoms with E-state index in [1.165, 1.54) is 25.7 Å². The van der Waals surface area contributed by atoms with Crippen molar-refractivity contribution in [2.24, 2.45) is 0 Å². The summed E-state index contributed by atoms with van der Waals surface area (Å²) in [7, 11) is 1.53. The van der Waals surface area contributed by atoms with Crippen molar-refractivity contribution >= 4 is 11.9 Å². The largest absolute Gasteiger partial charge is 0.497 e. The Balaban J connectivity index is 2.34. The molecule has 0 aliphatic rings. The average Bonchev–Trinajstić information content (AvgIpc) is 3.00. The highest BCUT2D eigenvalue weighted by Gasteiger charge is 2.32. The lowest BCUT2D eigenvalue weighted by Crippen LogP contribution is -2.45. The normalized spacial score (nSPS) is 13.2. The van der Waals surface area contributed by atoms with Gasteiger partial charge < -0.3 is 19.6 Å². The van der Waals surface area contributed by atoms with Gasteiger partial charge in [0.05, 0.1) is 30.9 Å². The Labute approximate surface area is 127 Å². The molecule has 1 atom stereocenters. The van der Waals surface area contributed by atoms with E-state index in [0.29, 0.717) is 16.9 Å². The summed E-state index contributed by atoms with van der Waals surface area (Å²) in [6, 6.07) is 8.47. The van der Waals surface area contributed by atoms with Gasteiger partial charge in [0, 0.05) is 0 Å². The molecule has 116 valence electrons. The van der Waals surface area contributed by atoms with Crippen LogP contribution in [0.2, 0.25) is 0 Å². The fourth-order valence-electron chi connectivity index (χ4n) is 2.20. The number of nitrogens with one attached hydrogen (secondary N) is 1. The highest BCUT2D eigenvalue weighted by Crippen LogP contribution is 2.28. The third-order valence-electron chi connectivity index (χ3n) is 3.38. The maximum absolute atomic E-state index is 12.2. The van der Waals surface area contributed by atoms with Crippen LogP contribution in [-0.4, -0.2) is 24.1 Å². The fraction of sp³-hybridized carbons (Fsp3) is 0.250. The Morgan fingerprint density at radius 1 is 1.36 bits per heavy atom. The van der Waals surface area contributed by atoms with Crippen LogP contribution in [0.1, 0.15) is 29.3 Å². The first-order valence-corrected chi connectivity index (χ1v) is 6.65. The summed E-state index contributed by atoms with van der Waals surface area (Å²) >= 11 is 0. The Hall–Kier alpha value is -2.76. The maximum Gasteiger partial charge on any atom is 0.306 e. The summed E-state index contributed by atoms with van der Waals surface area (Å²) < 4.78 is 10.0. The van der Waals surface area contributed by atoms with Crippen molar-refractivity contribution in [3.8, 4) is 5.75 Å². The van der Waals surface area contributed by atoms with E-state index in [9.17, 15) is 14.7 Å². The molecule has 0 fully saturated rings. The van der Waals surface area contributed by atoms with Crippen molar-refractivity contribution in [1.29, 1.82) is 0 Å². The van der Waals surface area contributed by atoms with E-state index in [1.54, 1.807) is 31.2 Å². The number of hydrogen-bond acceptors (Lipinski definition) is 4. The van der Waals surface area contributed by atoms with Gasteiger partial charge >= 0.3 is 5.97 Å². The molecule has 6 nitrogen and oxygen atoms in total. The average molecular weight is 303 g/mol. The highest BCUT2D eigenvalue weighted by molar-refractivity contribution is 5.94. The van der Waals surface area contributed by atoms with Crippen LogP contribution in [0.3, 0.4) is 0 Å². The monoisotopic (exact) mass is 303 g/mol. The van der Waals surface area contributed by atoms with E-state index in [0.717, 1.165) is 0 Å². The number of carbonyl (C=O) groups excluding carboxylic acids is 1. The number of aliphatic carboxylic acids is 1. The van der Waals surface area contributed by atoms with Gasteiger partial charge in [-0.1, -0.05) is 12.1 Å². The van der Waals surface area contributed by atoms with Crippen LogP contribution in [0.5, 0.6) is 5.75 Å². The Morgan fingerprint density at radius 3 is 2.73 bits per heavy atom. The first kappa shape index (κ1) is 15.6.